The van der Waals surface area contributed by atoms with E-state index < -0.39 is 0 Å². The van der Waals surface area contributed by atoms with Crippen molar-refractivity contribution in [2.75, 3.05) is 26.1 Å². The number of urea groups is 1. The number of hydrogen-bond donors (Lipinski definition) is 2. The number of aromatic nitrogens is 1. The molecule has 2 amide bonds. The van der Waals surface area contributed by atoms with Gasteiger partial charge >= 0.3 is 12.0 Å². The van der Waals surface area contributed by atoms with Crippen molar-refractivity contribution >= 4 is 28.6 Å². The van der Waals surface area contributed by atoms with Crippen LogP contribution < -0.4 is 5.32 Å². The van der Waals surface area contributed by atoms with E-state index >= 15 is 0 Å². The number of benzene rings is 2. The van der Waals surface area contributed by atoms with Crippen molar-refractivity contribution in [2.24, 2.45) is 0 Å². The smallest absolute Gasteiger partial charge is 0.337 e. The first-order valence-corrected chi connectivity index (χ1v) is 9.44. The number of nitrogens with zero attached hydrogens (tertiary/aromatic N) is 1. The Morgan fingerprint density at radius 2 is 2.03 bits per heavy atom. The molecule has 1 aliphatic rings. The molecule has 0 saturated heterocycles. The third kappa shape index (κ3) is 3.82. The van der Waals surface area contributed by atoms with Gasteiger partial charge in [-0.2, -0.15) is 0 Å². The molecule has 1 aromatic heterocycles. The number of anilines is 1. The number of rotatable bonds is 4. The number of aromatic amines is 1. The molecule has 7 nitrogen and oxygen atoms in total. The molecule has 1 aliphatic heterocycles. The molecule has 0 spiro atoms. The van der Waals surface area contributed by atoms with E-state index in [2.05, 4.69) is 10.3 Å². The number of esters is 1. The molecule has 150 valence electrons. The van der Waals surface area contributed by atoms with Gasteiger partial charge in [-0.05, 0) is 35.9 Å². The Labute approximate surface area is 168 Å². The van der Waals surface area contributed by atoms with Crippen LogP contribution in [0.2, 0.25) is 0 Å². The molecule has 0 atom stereocenters. The highest BCUT2D eigenvalue weighted by Gasteiger charge is 2.24. The number of carbonyl (C=O) groups is 2. The Morgan fingerprint density at radius 1 is 1.17 bits per heavy atom. The predicted molar refractivity (Wildman–Crippen MR) is 110 cm³/mol. The molecule has 0 saturated carbocycles. The standard InChI is InChI=1S/C22H23N3O4/c1-28-13-14-4-3-5-16(10-14)23-22(27)25-9-8-20-18(12-25)17-11-15(21(26)29-2)6-7-19(17)24-20/h3-7,10-11,24H,8-9,12-13H2,1-2H3,(H,23,27). The molecule has 0 bridgehead atoms. The Morgan fingerprint density at radius 3 is 2.83 bits per heavy atom. The lowest BCUT2D eigenvalue weighted by atomic mass is 10.0. The number of ether oxygens (including phenoxy) is 2. The summed E-state index contributed by atoms with van der Waals surface area (Å²) in [7, 11) is 3.01. The number of carbonyl (C=O) groups excluding carboxylic acids is 2. The first-order valence-electron chi connectivity index (χ1n) is 9.44. The summed E-state index contributed by atoms with van der Waals surface area (Å²) >= 11 is 0. The quantitative estimate of drug-likeness (QED) is 0.662. The van der Waals surface area contributed by atoms with Crippen molar-refractivity contribution in [3.8, 4) is 0 Å². The predicted octanol–water partition coefficient (Wildman–Crippen LogP) is 3.69. The van der Waals surface area contributed by atoms with Gasteiger partial charge in [0.25, 0.3) is 0 Å². The van der Waals surface area contributed by atoms with E-state index in [9.17, 15) is 9.59 Å². The van der Waals surface area contributed by atoms with E-state index in [1.54, 1.807) is 18.1 Å². The molecule has 0 unspecified atom stereocenters. The van der Waals surface area contributed by atoms with Gasteiger partial charge in [-0.25, -0.2) is 9.59 Å². The number of methoxy groups -OCH3 is 2. The minimum atomic E-state index is -0.372. The van der Waals surface area contributed by atoms with Crippen LogP contribution in [0.25, 0.3) is 10.9 Å². The fraction of sp³-hybridized carbons (Fsp3) is 0.273. The van der Waals surface area contributed by atoms with Crippen LogP contribution in [-0.4, -0.2) is 42.6 Å². The van der Waals surface area contributed by atoms with Gasteiger partial charge in [0.1, 0.15) is 0 Å². The third-order valence-electron chi connectivity index (χ3n) is 5.17. The van der Waals surface area contributed by atoms with Gasteiger partial charge in [0.2, 0.25) is 0 Å². The summed E-state index contributed by atoms with van der Waals surface area (Å²) in [5, 5.41) is 3.91. The van der Waals surface area contributed by atoms with Crippen LogP contribution in [0.3, 0.4) is 0 Å². The van der Waals surface area contributed by atoms with Crippen LogP contribution in [-0.2, 0) is 29.0 Å². The average molecular weight is 393 g/mol. The molecule has 3 aromatic rings. The Hall–Kier alpha value is -3.32. The fourth-order valence-electron chi connectivity index (χ4n) is 3.74. The van der Waals surface area contributed by atoms with Crippen LogP contribution in [0, 0.1) is 0 Å². The summed E-state index contributed by atoms with van der Waals surface area (Å²) in [6.45, 7) is 1.59. The van der Waals surface area contributed by atoms with Crippen molar-refractivity contribution in [3.05, 3.63) is 64.8 Å². The Balaban J connectivity index is 1.55. The maximum Gasteiger partial charge on any atom is 0.337 e. The number of nitrogens with one attached hydrogen (secondary N) is 2. The summed E-state index contributed by atoms with van der Waals surface area (Å²) in [6.07, 6.45) is 0.731. The summed E-state index contributed by atoms with van der Waals surface area (Å²) in [5.41, 5.74) is 5.34. The van der Waals surface area contributed by atoms with Gasteiger partial charge in [-0.15, -0.1) is 0 Å². The number of fused-ring (bicyclic) bond motifs is 3. The molecule has 2 aromatic carbocycles. The van der Waals surface area contributed by atoms with Crippen LogP contribution in [0.15, 0.2) is 42.5 Å². The van der Waals surface area contributed by atoms with Crippen molar-refractivity contribution in [3.63, 3.8) is 0 Å². The summed E-state index contributed by atoms with van der Waals surface area (Å²) in [5.74, 6) is -0.372. The van der Waals surface area contributed by atoms with Gasteiger partial charge < -0.3 is 24.7 Å². The highest BCUT2D eigenvalue weighted by atomic mass is 16.5. The van der Waals surface area contributed by atoms with Gasteiger partial charge in [0, 0.05) is 54.5 Å². The van der Waals surface area contributed by atoms with E-state index in [1.165, 1.54) is 7.11 Å². The summed E-state index contributed by atoms with van der Waals surface area (Å²) in [6, 6.07) is 12.9. The first kappa shape index (κ1) is 19.0. The molecule has 29 heavy (non-hydrogen) atoms. The van der Waals surface area contributed by atoms with Gasteiger partial charge in [0.05, 0.1) is 19.3 Å². The minimum Gasteiger partial charge on any atom is -0.465 e. The molecular formula is C22H23N3O4. The second-order valence-corrected chi connectivity index (χ2v) is 7.07. The van der Waals surface area contributed by atoms with Crippen molar-refractivity contribution in [1.82, 2.24) is 9.88 Å². The minimum absolute atomic E-state index is 0.149. The maximum absolute atomic E-state index is 12.8. The second-order valence-electron chi connectivity index (χ2n) is 7.07. The Bertz CT molecular complexity index is 1070. The van der Waals surface area contributed by atoms with E-state index in [1.807, 2.05) is 36.4 Å². The van der Waals surface area contributed by atoms with E-state index in [4.69, 9.17) is 9.47 Å². The number of hydrogen-bond acceptors (Lipinski definition) is 4. The van der Waals surface area contributed by atoms with E-state index in [0.29, 0.717) is 25.3 Å². The molecule has 7 heteroatoms. The molecule has 0 fully saturated rings. The third-order valence-corrected chi connectivity index (χ3v) is 5.17. The topological polar surface area (TPSA) is 83.7 Å². The highest BCUT2D eigenvalue weighted by Crippen LogP contribution is 2.29. The SMILES string of the molecule is COCc1cccc(NC(=O)N2CCc3[nH]c4ccc(C(=O)OC)cc4c3C2)c1. The fourth-order valence-corrected chi connectivity index (χ4v) is 3.74. The molecule has 0 radical (unpaired) electrons. The molecule has 0 aliphatic carbocycles. The van der Waals surface area contributed by atoms with E-state index in [0.717, 1.165) is 39.8 Å². The lowest BCUT2D eigenvalue weighted by Crippen LogP contribution is -2.38. The maximum atomic E-state index is 12.8. The summed E-state index contributed by atoms with van der Waals surface area (Å²) in [4.78, 5) is 29.9. The molecule has 2 N–H and O–H groups in total. The largest absolute Gasteiger partial charge is 0.465 e. The molecule has 2 heterocycles. The van der Waals surface area contributed by atoms with Crippen LogP contribution in [0.5, 0.6) is 0 Å². The lowest BCUT2D eigenvalue weighted by Gasteiger charge is -2.27. The number of H-pyrrole nitrogens is 1. The van der Waals surface area contributed by atoms with Crippen molar-refractivity contribution < 1.29 is 19.1 Å². The van der Waals surface area contributed by atoms with Crippen LogP contribution in [0.1, 0.15) is 27.2 Å². The lowest BCUT2D eigenvalue weighted by molar-refractivity contribution is 0.0601. The zero-order valence-corrected chi connectivity index (χ0v) is 16.5. The second kappa shape index (κ2) is 7.97. The zero-order valence-electron chi connectivity index (χ0n) is 16.5. The van der Waals surface area contributed by atoms with Crippen molar-refractivity contribution in [1.29, 1.82) is 0 Å². The van der Waals surface area contributed by atoms with Crippen LogP contribution in [0.4, 0.5) is 10.5 Å². The van der Waals surface area contributed by atoms with Crippen LogP contribution >= 0.6 is 0 Å². The van der Waals surface area contributed by atoms with Gasteiger partial charge in [0.15, 0.2) is 0 Å². The average Bonchev–Trinajstić information content (AvgIpc) is 3.10. The zero-order chi connectivity index (χ0) is 20.4. The van der Waals surface area contributed by atoms with E-state index in [-0.39, 0.29) is 12.0 Å². The van der Waals surface area contributed by atoms with Gasteiger partial charge in [-0.3, -0.25) is 0 Å². The highest BCUT2D eigenvalue weighted by molar-refractivity contribution is 5.96. The molecule has 4 rings (SSSR count). The van der Waals surface area contributed by atoms with Crippen molar-refractivity contribution in [2.45, 2.75) is 19.6 Å². The van der Waals surface area contributed by atoms with Gasteiger partial charge in [-0.1, -0.05) is 12.1 Å². The normalized spacial score (nSPS) is 13.2. The first-order chi connectivity index (χ1) is 14.1. The Kier molecular flexibility index (Phi) is 5.22. The monoisotopic (exact) mass is 393 g/mol. The number of amides is 2. The summed E-state index contributed by atoms with van der Waals surface area (Å²) < 4.78 is 9.98. The molecular weight excluding hydrogens is 370 g/mol.